The van der Waals surface area contributed by atoms with Crippen LogP contribution in [0.3, 0.4) is 0 Å². The minimum Gasteiger partial charge on any atom is -0.465 e. The van der Waals surface area contributed by atoms with Crippen LogP contribution in [0.2, 0.25) is 0 Å². The number of esters is 2. The quantitative estimate of drug-likeness (QED) is 0.559. The van der Waals surface area contributed by atoms with E-state index in [0.29, 0.717) is 26.3 Å². The summed E-state index contributed by atoms with van der Waals surface area (Å²) in [5, 5.41) is 0. The van der Waals surface area contributed by atoms with Gasteiger partial charge in [0.15, 0.2) is 5.92 Å². The Morgan fingerprint density at radius 2 is 1.58 bits per heavy atom. The number of ether oxygens (including phenoxy) is 3. The van der Waals surface area contributed by atoms with Crippen LogP contribution in [0.25, 0.3) is 0 Å². The summed E-state index contributed by atoms with van der Waals surface area (Å²) in [6, 6.07) is 9.13. The Hall–Kier alpha value is -1.92. The molecule has 0 spiro atoms. The molecule has 0 amide bonds. The molecule has 1 atom stereocenters. The van der Waals surface area contributed by atoms with Crippen molar-refractivity contribution in [1.29, 1.82) is 0 Å². The monoisotopic (exact) mass is 335 g/mol. The van der Waals surface area contributed by atoms with E-state index < -0.39 is 23.9 Å². The van der Waals surface area contributed by atoms with Crippen LogP contribution >= 0.6 is 0 Å². The molecule has 0 saturated carbocycles. The van der Waals surface area contributed by atoms with Crippen molar-refractivity contribution in [1.82, 2.24) is 4.90 Å². The van der Waals surface area contributed by atoms with Gasteiger partial charge in [0.1, 0.15) is 0 Å². The number of hydrogen-bond acceptors (Lipinski definition) is 6. The summed E-state index contributed by atoms with van der Waals surface area (Å²) < 4.78 is 15.7. The fraction of sp³-hybridized carbons (Fsp3) is 0.556. The molecule has 6 nitrogen and oxygen atoms in total. The highest BCUT2D eigenvalue weighted by atomic mass is 16.6. The fourth-order valence-electron chi connectivity index (χ4n) is 2.94. The third kappa shape index (κ3) is 4.55. The summed E-state index contributed by atoms with van der Waals surface area (Å²) in [5.74, 6) is -2.10. The van der Waals surface area contributed by atoms with E-state index in [4.69, 9.17) is 14.2 Å². The van der Waals surface area contributed by atoms with E-state index in [9.17, 15) is 9.59 Å². The van der Waals surface area contributed by atoms with Crippen molar-refractivity contribution in [3.63, 3.8) is 0 Å². The van der Waals surface area contributed by atoms with Crippen LogP contribution in [-0.4, -0.2) is 56.4 Å². The lowest BCUT2D eigenvalue weighted by molar-refractivity contribution is -0.166. The maximum Gasteiger partial charge on any atom is 0.322 e. The second kappa shape index (κ2) is 9.39. The smallest absolute Gasteiger partial charge is 0.322 e. The molecule has 0 bridgehead atoms. The standard InChI is InChI=1S/C18H25NO5/c1-3-23-17(20)15(18(21)24-4-2)16(14-8-6-5-7-9-14)19-10-12-22-13-11-19/h5-9,15-16H,3-4,10-13H2,1-2H3/t16-/m1/s1. The summed E-state index contributed by atoms with van der Waals surface area (Å²) >= 11 is 0. The number of morpholine rings is 1. The van der Waals surface area contributed by atoms with E-state index in [-0.39, 0.29) is 13.2 Å². The second-order valence-electron chi connectivity index (χ2n) is 5.49. The molecule has 1 saturated heterocycles. The summed E-state index contributed by atoms with van der Waals surface area (Å²) in [4.78, 5) is 27.2. The van der Waals surface area contributed by atoms with E-state index in [1.807, 2.05) is 30.3 Å². The van der Waals surface area contributed by atoms with Gasteiger partial charge in [-0.2, -0.15) is 0 Å². The predicted molar refractivity (Wildman–Crippen MR) is 88.3 cm³/mol. The summed E-state index contributed by atoms with van der Waals surface area (Å²) in [7, 11) is 0. The molecule has 0 N–H and O–H groups in total. The van der Waals surface area contributed by atoms with Crippen LogP contribution in [0.4, 0.5) is 0 Å². The topological polar surface area (TPSA) is 65.1 Å². The number of carbonyl (C=O) groups excluding carboxylic acids is 2. The van der Waals surface area contributed by atoms with Crippen LogP contribution in [0.15, 0.2) is 30.3 Å². The summed E-state index contributed by atoms with van der Waals surface area (Å²) in [6.07, 6.45) is 0. The molecule has 0 aliphatic carbocycles. The van der Waals surface area contributed by atoms with Gasteiger partial charge in [0.25, 0.3) is 0 Å². The van der Waals surface area contributed by atoms with E-state index >= 15 is 0 Å². The maximum atomic E-state index is 12.5. The zero-order valence-corrected chi connectivity index (χ0v) is 14.3. The van der Waals surface area contributed by atoms with Crippen LogP contribution in [0.5, 0.6) is 0 Å². The minimum absolute atomic E-state index is 0.222. The van der Waals surface area contributed by atoms with Crippen molar-refractivity contribution >= 4 is 11.9 Å². The van der Waals surface area contributed by atoms with Crippen molar-refractivity contribution in [3.05, 3.63) is 35.9 Å². The molecular weight excluding hydrogens is 310 g/mol. The first-order valence-corrected chi connectivity index (χ1v) is 8.39. The van der Waals surface area contributed by atoms with Crippen molar-refractivity contribution in [2.24, 2.45) is 5.92 Å². The van der Waals surface area contributed by atoms with Gasteiger partial charge in [0.2, 0.25) is 0 Å². The average molecular weight is 335 g/mol. The second-order valence-corrected chi connectivity index (χ2v) is 5.49. The molecule has 0 unspecified atom stereocenters. The Bertz CT molecular complexity index is 509. The molecule has 1 heterocycles. The molecule has 1 aromatic carbocycles. The third-order valence-electron chi connectivity index (χ3n) is 3.98. The fourth-order valence-corrected chi connectivity index (χ4v) is 2.94. The van der Waals surface area contributed by atoms with Gasteiger partial charge >= 0.3 is 11.9 Å². The molecule has 2 rings (SSSR count). The normalized spacial score (nSPS) is 16.6. The van der Waals surface area contributed by atoms with E-state index in [2.05, 4.69) is 4.90 Å². The Labute approximate surface area is 142 Å². The summed E-state index contributed by atoms with van der Waals surface area (Å²) in [5.41, 5.74) is 0.894. The maximum absolute atomic E-state index is 12.5. The lowest BCUT2D eigenvalue weighted by atomic mass is 9.91. The average Bonchev–Trinajstić information content (AvgIpc) is 2.61. The SMILES string of the molecule is CCOC(=O)C(C(=O)OCC)[C@@H](c1ccccc1)N1CCOCC1. The molecule has 1 aliphatic heterocycles. The predicted octanol–water partition coefficient (Wildman–Crippen LogP) is 1.80. The lowest BCUT2D eigenvalue weighted by Gasteiger charge is -2.37. The first kappa shape index (κ1) is 18.4. The highest BCUT2D eigenvalue weighted by Crippen LogP contribution is 2.31. The van der Waals surface area contributed by atoms with Crippen molar-refractivity contribution in [2.75, 3.05) is 39.5 Å². The largest absolute Gasteiger partial charge is 0.465 e. The van der Waals surface area contributed by atoms with E-state index in [0.717, 1.165) is 5.56 Å². The molecular formula is C18H25NO5. The zero-order valence-electron chi connectivity index (χ0n) is 14.3. The highest BCUT2D eigenvalue weighted by molar-refractivity contribution is 5.96. The van der Waals surface area contributed by atoms with Crippen LogP contribution in [0, 0.1) is 5.92 Å². The highest BCUT2D eigenvalue weighted by Gasteiger charge is 2.42. The summed E-state index contributed by atoms with van der Waals surface area (Å²) in [6.45, 7) is 6.34. The molecule has 0 radical (unpaired) electrons. The zero-order chi connectivity index (χ0) is 17.4. The molecule has 1 aromatic rings. The van der Waals surface area contributed by atoms with Gasteiger partial charge in [-0.25, -0.2) is 0 Å². The van der Waals surface area contributed by atoms with E-state index in [1.165, 1.54) is 0 Å². The molecule has 132 valence electrons. The first-order valence-electron chi connectivity index (χ1n) is 8.39. The van der Waals surface area contributed by atoms with Crippen LogP contribution in [-0.2, 0) is 23.8 Å². The number of benzene rings is 1. The number of hydrogen-bond donors (Lipinski definition) is 0. The van der Waals surface area contributed by atoms with Gasteiger partial charge < -0.3 is 14.2 Å². The van der Waals surface area contributed by atoms with Gasteiger partial charge in [-0.15, -0.1) is 0 Å². The van der Waals surface area contributed by atoms with Crippen LogP contribution in [0.1, 0.15) is 25.5 Å². The molecule has 1 fully saturated rings. The Morgan fingerprint density at radius 1 is 1.04 bits per heavy atom. The van der Waals surface area contributed by atoms with Gasteiger partial charge in [-0.1, -0.05) is 30.3 Å². The van der Waals surface area contributed by atoms with E-state index in [1.54, 1.807) is 13.8 Å². The first-order chi connectivity index (χ1) is 11.7. The molecule has 0 aromatic heterocycles. The van der Waals surface area contributed by atoms with Gasteiger partial charge in [-0.3, -0.25) is 14.5 Å². The molecule has 24 heavy (non-hydrogen) atoms. The lowest BCUT2D eigenvalue weighted by Crippen LogP contribution is -2.46. The number of carbonyl (C=O) groups is 2. The minimum atomic E-state index is -1.01. The Morgan fingerprint density at radius 3 is 2.08 bits per heavy atom. The Kier molecular flexibility index (Phi) is 7.21. The molecule has 6 heteroatoms. The van der Waals surface area contributed by atoms with Gasteiger partial charge in [0, 0.05) is 13.1 Å². The Balaban J connectivity index is 2.38. The van der Waals surface area contributed by atoms with Crippen molar-refractivity contribution in [2.45, 2.75) is 19.9 Å². The van der Waals surface area contributed by atoms with Gasteiger partial charge in [0.05, 0.1) is 32.5 Å². The van der Waals surface area contributed by atoms with Crippen LogP contribution < -0.4 is 0 Å². The number of nitrogens with zero attached hydrogens (tertiary/aromatic N) is 1. The van der Waals surface area contributed by atoms with Crippen molar-refractivity contribution < 1.29 is 23.8 Å². The number of rotatable bonds is 7. The van der Waals surface area contributed by atoms with Gasteiger partial charge in [-0.05, 0) is 19.4 Å². The van der Waals surface area contributed by atoms with Crippen molar-refractivity contribution in [3.8, 4) is 0 Å². The molecule has 1 aliphatic rings. The third-order valence-corrected chi connectivity index (χ3v) is 3.98.